The highest BCUT2D eigenvalue weighted by molar-refractivity contribution is 6.30. The molecule has 2 aromatic rings. The summed E-state index contributed by atoms with van der Waals surface area (Å²) in [5.41, 5.74) is 2.47. The summed E-state index contributed by atoms with van der Waals surface area (Å²) in [6, 6.07) is 10.4. The molecule has 3 heterocycles. The number of amides is 1. The minimum absolute atomic E-state index is 0.000473. The number of fused-ring (bicyclic) bond motifs is 2. The molecule has 1 amide bonds. The Morgan fingerprint density at radius 2 is 1.89 bits per heavy atom. The second-order valence-corrected chi connectivity index (χ2v) is 10.9. The average molecular weight is 531 g/mol. The number of phenolic OH excluding ortho intramolecular Hbond substituents is 1. The number of rotatable bonds is 7. The van der Waals surface area contributed by atoms with E-state index in [4.69, 9.17) is 21.1 Å². The van der Waals surface area contributed by atoms with Gasteiger partial charge in [0.1, 0.15) is 24.2 Å². The fourth-order valence-electron chi connectivity index (χ4n) is 5.76. The number of aliphatic hydroxyl groups excluding tert-OH is 2. The third kappa shape index (κ3) is 5.73. The van der Waals surface area contributed by atoms with Gasteiger partial charge in [-0.15, -0.1) is 0 Å². The maximum atomic E-state index is 13.1. The average Bonchev–Trinajstić information content (AvgIpc) is 3.25. The van der Waals surface area contributed by atoms with E-state index in [0.717, 1.165) is 49.4 Å². The molecule has 2 aromatic carbocycles. The number of β-amino-alcohol motifs (C(OH)–C–C–N with tert-alkyl or cyclic N) is 1. The van der Waals surface area contributed by atoms with E-state index in [2.05, 4.69) is 11.0 Å². The lowest BCUT2D eigenvalue weighted by atomic mass is 9.84. The van der Waals surface area contributed by atoms with Gasteiger partial charge in [0.15, 0.2) is 0 Å². The lowest BCUT2D eigenvalue weighted by molar-refractivity contribution is -0.0835. The Kier molecular flexibility index (Phi) is 7.93. The van der Waals surface area contributed by atoms with E-state index >= 15 is 0 Å². The Labute approximate surface area is 222 Å². The molecule has 0 bridgehead atoms. The smallest absolute Gasteiger partial charge is 0.257 e. The Balaban J connectivity index is 1.15. The number of carbonyl (C=O) groups excluding carboxylic acids is 1. The predicted octanol–water partition coefficient (Wildman–Crippen LogP) is 3.15. The number of hydrogen-bond acceptors (Lipinski definition) is 7. The largest absolute Gasteiger partial charge is 0.508 e. The molecule has 9 heteroatoms. The Hall–Kier alpha value is -2.36. The quantitative estimate of drug-likeness (QED) is 0.505. The van der Waals surface area contributed by atoms with E-state index in [1.165, 1.54) is 17.7 Å². The van der Waals surface area contributed by atoms with Crippen LogP contribution in [0.15, 0.2) is 36.4 Å². The summed E-state index contributed by atoms with van der Waals surface area (Å²) in [5.74, 6) is 0.327. The molecule has 0 aliphatic carbocycles. The van der Waals surface area contributed by atoms with E-state index in [1.54, 1.807) is 11.0 Å². The molecular weight excluding hydrogens is 496 g/mol. The first-order valence-corrected chi connectivity index (χ1v) is 13.4. The third-order valence-electron chi connectivity index (χ3n) is 7.98. The SMILES string of the molecule is O=C(c1ccc(O)cc1OC[C@H](O)CN1CCC2(CC1)OCc1cc(Cl)ccc12)N1CCC(CO)CC1. The van der Waals surface area contributed by atoms with E-state index in [-0.39, 0.29) is 42.1 Å². The van der Waals surface area contributed by atoms with E-state index in [1.807, 2.05) is 12.1 Å². The highest BCUT2D eigenvalue weighted by Gasteiger charge is 2.42. The van der Waals surface area contributed by atoms with Crippen LogP contribution in [0.5, 0.6) is 11.5 Å². The molecule has 3 aliphatic rings. The van der Waals surface area contributed by atoms with Crippen LogP contribution in [0.2, 0.25) is 5.02 Å². The van der Waals surface area contributed by atoms with E-state index < -0.39 is 6.10 Å². The number of piperidine rings is 2. The first-order chi connectivity index (χ1) is 17.9. The number of aromatic hydroxyl groups is 1. The molecule has 0 radical (unpaired) electrons. The molecule has 3 N–H and O–H groups in total. The summed E-state index contributed by atoms with van der Waals surface area (Å²) in [5, 5.41) is 30.8. The van der Waals surface area contributed by atoms with E-state index in [0.29, 0.717) is 31.8 Å². The summed E-state index contributed by atoms with van der Waals surface area (Å²) in [4.78, 5) is 17.1. The number of likely N-dealkylation sites (tertiary alicyclic amines) is 2. The van der Waals surface area contributed by atoms with Crippen LogP contribution < -0.4 is 4.74 Å². The number of hydrogen-bond donors (Lipinski definition) is 3. The molecule has 8 nitrogen and oxygen atoms in total. The van der Waals surface area contributed by atoms with Gasteiger partial charge in [-0.25, -0.2) is 0 Å². The van der Waals surface area contributed by atoms with Gasteiger partial charge in [0.25, 0.3) is 5.91 Å². The summed E-state index contributed by atoms with van der Waals surface area (Å²) < 4.78 is 12.1. The molecule has 0 unspecified atom stereocenters. The van der Waals surface area contributed by atoms with Crippen molar-refractivity contribution < 1.29 is 29.6 Å². The molecule has 3 aliphatic heterocycles. The molecule has 2 saturated heterocycles. The highest BCUT2D eigenvalue weighted by atomic mass is 35.5. The van der Waals surface area contributed by atoms with Crippen molar-refractivity contribution in [2.24, 2.45) is 5.92 Å². The van der Waals surface area contributed by atoms with Gasteiger partial charge in [-0.2, -0.15) is 0 Å². The second kappa shape index (κ2) is 11.2. The fraction of sp³-hybridized carbons (Fsp3) is 0.536. The fourth-order valence-corrected chi connectivity index (χ4v) is 5.96. The number of carbonyl (C=O) groups is 1. The van der Waals surface area contributed by atoms with Crippen LogP contribution in [0, 0.1) is 5.92 Å². The molecule has 0 aromatic heterocycles. The molecule has 37 heavy (non-hydrogen) atoms. The maximum Gasteiger partial charge on any atom is 0.257 e. The zero-order valence-corrected chi connectivity index (χ0v) is 21.7. The summed E-state index contributed by atoms with van der Waals surface area (Å²) >= 11 is 6.14. The number of phenols is 1. The van der Waals surface area contributed by atoms with Gasteiger partial charge in [0.2, 0.25) is 0 Å². The standard InChI is InChI=1S/C28H35ClN2O6/c29-21-1-4-25-20(13-21)17-37-28(25)7-11-30(12-8-28)15-23(34)18-36-26-14-22(33)2-3-24(26)27(35)31-9-5-19(16-32)6-10-31/h1-4,13-14,19,23,32-34H,5-12,15-18H2/t23-/m1/s1. The van der Waals surface area contributed by atoms with Gasteiger partial charge in [-0.3, -0.25) is 4.79 Å². The third-order valence-corrected chi connectivity index (χ3v) is 8.22. The van der Waals surface area contributed by atoms with Crippen LogP contribution in [-0.2, 0) is 16.9 Å². The number of aliphatic hydroxyl groups is 2. The molecule has 1 atom stereocenters. The van der Waals surface area contributed by atoms with Crippen LogP contribution in [0.3, 0.4) is 0 Å². The van der Waals surface area contributed by atoms with Gasteiger partial charge in [0.05, 0.1) is 17.8 Å². The van der Waals surface area contributed by atoms with Crippen molar-refractivity contribution in [3.63, 3.8) is 0 Å². The van der Waals surface area contributed by atoms with Crippen molar-refractivity contribution >= 4 is 17.5 Å². The number of benzene rings is 2. The summed E-state index contributed by atoms with van der Waals surface area (Å²) in [7, 11) is 0. The number of halogens is 1. The van der Waals surface area contributed by atoms with Crippen LogP contribution >= 0.6 is 11.6 Å². The van der Waals surface area contributed by atoms with Gasteiger partial charge in [0, 0.05) is 50.4 Å². The zero-order chi connectivity index (χ0) is 26.0. The molecule has 5 rings (SSSR count). The van der Waals surface area contributed by atoms with Crippen LogP contribution in [0.4, 0.5) is 0 Å². The summed E-state index contributed by atoms with van der Waals surface area (Å²) in [6.07, 6.45) is 2.45. The summed E-state index contributed by atoms with van der Waals surface area (Å²) in [6.45, 7) is 3.90. The molecule has 0 saturated carbocycles. The van der Waals surface area contributed by atoms with Crippen molar-refractivity contribution in [3.05, 3.63) is 58.1 Å². The maximum absolute atomic E-state index is 13.1. The van der Waals surface area contributed by atoms with Gasteiger partial charge >= 0.3 is 0 Å². The van der Waals surface area contributed by atoms with Crippen molar-refractivity contribution in [2.45, 2.75) is 44.0 Å². The Morgan fingerprint density at radius 3 is 2.62 bits per heavy atom. The highest BCUT2D eigenvalue weighted by Crippen LogP contribution is 2.44. The minimum atomic E-state index is -0.754. The molecule has 1 spiro atoms. The lowest BCUT2D eigenvalue weighted by Gasteiger charge is -2.39. The van der Waals surface area contributed by atoms with E-state index in [9.17, 15) is 20.1 Å². The first kappa shape index (κ1) is 26.3. The van der Waals surface area contributed by atoms with Crippen molar-refractivity contribution in [1.29, 1.82) is 0 Å². The Bertz CT molecular complexity index is 1110. The van der Waals surface area contributed by atoms with Crippen LogP contribution in [0.25, 0.3) is 0 Å². The number of nitrogens with zero attached hydrogens (tertiary/aromatic N) is 2. The first-order valence-electron chi connectivity index (χ1n) is 13.1. The van der Waals surface area contributed by atoms with Gasteiger partial charge in [-0.05, 0) is 67.0 Å². The van der Waals surface area contributed by atoms with Crippen molar-refractivity contribution in [2.75, 3.05) is 45.9 Å². The topological polar surface area (TPSA) is 103 Å². The monoisotopic (exact) mass is 530 g/mol. The van der Waals surface area contributed by atoms with Crippen molar-refractivity contribution in [3.8, 4) is 11.5 Å². The molecular formula is C28H35ClN2O6. The van der Waals surface area contributed by atoms with Crippen molar-refractivity contribution in [1.82, 2.24) is 9.80 Å². The lowest BCUT2D eigenvalue weighted by Crippen LogP contribution is -2.46. The van der Waals surface area contributed by atoms with Crippen LogP contribution in [0.1, 0.15) is 47.2 Å². The van der Waals surface area contributed by atoms with Gasteiger partial charge in [-0.1, -0.05) is 17.7 Å². The van der Waals surface area contributed by atoms with Crippen LogP contribution in [-0.4, -0.2) is 83.1 Å². The molecule has 200 valence electrons. The Morgan fingerprint density at radius 1 is 1.14 bits per heavy atom. The second-order valence-electron chi connectivity index (χ2n) is 10.4. The predicted molar refractivity (Wildman–Crippen MR) is 139 cm³/mol. The number of ether oxygens (including phenoxy) is 2. The molecule has 2 fully saturated rings. The normalized spacial score (nSPS) is 20.7. The van der Waals surface area contributed by atoms with Gasteiger partial charge < -0.3 is 34.6 Å². The zero-order valence-electron chi connectivity index (χ0n) is 20.9. The minimum Gasteiger partial charge on any atom is -0.508 e.